The van der Waals surface area contributed by atoms with Gasteiger partial charge in [-0.05, 0) is 74.2 Å². The van der Waals surface area contributed by atoms with Gasteiger partial charge in [0.15, 0.2) is 0 Å². The molecule has 0 aliphatic carbocycles. The van der Waals surface area contributed by atoms with Crippen LogP contribution in [0.25, 0.3) is 0 Å². The zero-order valence-electron chi connectivity index (χ0n) is 18.2. The average molecular weight is 456 g/mol. The minimum Gasteiger partial charge on any atom is -0.411 e. The molecule has 0 spiro atoms. The molecule has 1 amide bonds. The van der Waals surface area contributed by atoms with Crippen LogP contribution in [-0.4, -0.2) is 57.8 Å². The van der Waals surface area contributed by atoms with Crippen LogP contribution in [0.3, 0.4) is 0 Å². The lowest BCUT2D eigenvalue weighted by molar-refractivity contribution is -0.138. The number of pyridine rings is 1. The Hall–Kier alpha value is -2.64. The fourth-order valence-corrected chi connectivity index (χ4v) is 4.94. The maximum absolute atomic E-state index is 13.1. The van der Waals surface area contributed by atoms with Crippen molar-refractivity contribution in [2.75, 3.05) is 31.9 Å². The number of nitrogen functional groups attached to an aromatic ring is 1. The monoisotopic (exact) mass is 455 g/mol. The molecule has 0 unspecified atom stereocenters. The van der Waals surface area contributed by atoms with Gasteiger partial charge in [-0.15, -0.1) is 0 Å². The first-order chi connectivity index (χ1) is 15.5. The smallest absolute Gasteiger partial charge is 0.225 e. The number of rotatable bonds is 5. The molecule has 1 aromatic heterocycles. The van der Waals surface area contributed by atoms with E-state index in [1.54, 1.807) is 18.3 Å². The van der Waals surface area contributed by atoms with Crippen molar-refractivity contribution in [2.45, 2.75) is 32.2 Å². The normalized spacial score (nSPS) is 19.3. The molecule has 0 saturated carbocycles. The number of aromatic nitrogens is 1. The maximum atomic E-state index is 13.1. The Morgan fingerprint density at radius 1 is 1.06 bits per heavy atom. The van der Waals surface area contributed by atoms with Gasteiger partial charge in [0.05, 0.1) is 5.71 Å². The number of anilines is 1. The molecule has 7 nitrogen and oxygen atoms in total. The molecular formula is C24H30ClN5O2. The first-order valence-electron chi connectivity index (χ1n) is 11.2. The molecule has 3 N–H and O–H groups in total. The van der Waals surface area contributed by atoms with Crippen LogP contribution in [0.15, 0.2) is 47.8 Å². The number of amides is 1. The summed E-state index contributed by atoms with van der Waals surface area (Å²) >= 11 is 5.97. The Morgan fingerprint density at radius 2 is 1.72 bits per heavy atom. The molecule has 2 aliphatic heterocycles. The largest absolute Gasteiger partial charge is 0.411 e. The summed E-state index contributed by atoms with van der Waals surface area (Å²) in [5, 5.41) is 13.8. The van der Waals surface area contributed by atoms with Crippen molar-refractivity contribution >= 4 is 29.0 Å². The Kier molecular flexibility index (Phi) is 7.27. The van der Waals surface area contributed by atoms with Gasteiger partial charge in [0, 0.05) is 42.7 Å². The highest BCUT2D eigenvalue weighted by Crippen LogP contribution is 2.27. The van der Waals surface area contributed by atoms with Crippen LogP contribution in [0.1, 0.15) is 36.8 Å². The molecule has 170 valence electrons. The van der Waals surface area contributed by atoms with Gasteiger partial charge in [0.1, 0.15) is 5.82 Å². The van der Waals surface area contributed by atoms with E-state index in [-0.39, 0.29) is 17.7 Å². The molecular weight excluding hydrogens is 426 g/mol. The van der Waals surface area contributed by atoms with Crippen LogP contribution in [0.5, 0.6) is 0 Å². The zero-order valence-corrected chi connectivity index (χ0v) is 18.9. The van der Waals surface area contributed by atoms with Crippen LogP contribution < -0.4 is 5.73 Å². The topological polar surface area (TPSA) is 95.0 Å². The zero-order chi connectivity index (χ0) is 22.5. The lowest BCUT2D eigenvalue weighted by atomic mass is 9.87. The minimum atomic E-state index is 0.0903. The van der Waals surface area contributed by atoms with Crippen LogP contribution in [-0.2, 0) is 11.3 Å². The summed E-state index contributed by atoms with van der Waals surface area (Å²) in [5.74, 6) is 1.04. The van der Waals surface area contributed by atoms with Crippen molar-refractivity contribution in [2.24, 2.45) is 17.0 Å². The first kappa shape index (κ1) is 22.6. The summed E-state index contributed by atoms with van der Waals surface area (Å²) in [5.41, 5.74) is 8.50. The van der Waals surface area contributed by atoms with Crippen LogP contribution >= 0.6 is 11.6 Å². The lowest BCUT2D eigenvalue weighted by Crippen LogP contribution is -2.46. The predicted molar refractivity (Wildman–Crippen MR) is 126 cm³/mol. The van der Waals surface area contributed by atoms with Crippen molar-refractivity contribution < 1.29 is 10.0 Å². The summed E-state index contributed by atoms with van der Waals surface area (Å²) in [6.07, 6.45) is 5.11. The molecule has 0 bridgehead atoms. The van der Waals surface area contributed by atoms with Crippen LogP contribution in [0.2, 0.25) is 5.02 Å². The summed E-state index contributed by atoms with van der Waals surface area (Å²) in [6, 6.07) is 11.3. The molecule has 32 heavy (non-hydrogen) atoms. The number of benzene rings is 1. The number of nitrogens with zero attached hydrogens (tertiary/aromatic N) is 4. The fourth-order valence-electron chi connectivity index (χ4n) is 4.82. The van der Waals surface area contributed by atoms with Crippen molar-refractivity contribution in [3.63, 3.8) is 0 Å². The molecule has 2 aliphatic rings. The van der Waals surface area contributed by atoms with Crippen molar-refractivity contribution in [1.82, 2.24) is 14.8 Å². The quantitative estimate of drug-likeness (QED) is 0.407. The first-order valence-corrected chi connectivity index (χ1v) is 11.6. The molecule has 0 radical (unpaired) electrons. The maximum Gasteiger partial charge on any atom is 0.225 e. The van der Waals surface area contributed by atoms with Crippen molar-refractivity contribution in [3.05, 3.63) is 58.7 Å². The molecule has 1 aromatic carbocycles. The highest BCUT2D eigenvalue weighted by atomic mass is 35.5. The molecule has 3 heterocycles. The summed E-state index contributed by atoms with van der Waals surface area (Å²) < 4.78 is 0. The lowest BCUT2D eigenvalue weighted by Gasteiger charge is -2.37. The summed E-state index contributed by atoms with van der Waals surface area (Å²) in [7, 11) is 0. The number of nitrogens with two attached hydrogens (primary N) is 1. The number of carbonyl (C=O) groups is 1. The number of halogens is 1. The standard InChI is InChI=1S/C24H30ClN5O2/c25-21-3-1-18(2-4-21)23(28-32)19-8-13-30(14-9-19)24(31)20-6-11-29(12-7-20)16-17-5-10-27-22(26)15-17/h1-5,10,15,19-20,32H,6-9,11-14,16H2,(H2,26,27)/b28-23+. The van der Waals surface area contributed by atoms with E-state index in [2.05, 4.69) is 15.0 Å². The Morgan fingerprint density at radius 3 is 2.34 bits per heavy atom. The number of oxime groups is 1. The van der Waals surface area contributed by atoms with E-state index in [4.69, 9.17) is 17.3 Å². The van der Waals surface area contributed by atoms with Crippen molar-refractivity contribution in [1.29, 1.82) is 0 Å². The minimum absolute atomic E-state index is 0.0903. The van der Waals surface area contributed by atoms with Gasteiger partial charge in [0.2, 0.25) is 5.91 Å². The average Bonchev–Trinajstić information content (AvgIpc) is 2.81. The van der Waals surface area contributed by atoms with E-state index in [0.29, 0.717) is 29.6 Å². The van der Waals surface area contributed by atoms with E-state index in [1.165, 1.54) is 0 Å². The third-order valence-corrected chi connectivity index (χ3v) is 6.88. The Bertz CT molecular complexity index is 949. The number of piperidine rings is 2. The highest BCUT2D eigenvalue weighted by molar-refractivity contribution is 6.30. The second kappa shape index (κ2) is 10.3. The highest BCUT2D eigenvalue weighted by Gasteiger charge is 2.32. The van der Waals surface area contributed by atoms with Gasteiger partial charge in [-0.1, -0.05) is 28.9 Å². The van der Waals surface area contributed by atoms with E-state index in [1.807, 2.05) is 29.2 Å². The number of carbonyl (C=O) groups excluding carboxylic acids is 1. The fraction of sp³-hybridized carbons (Fsp3) is 0.458. The van der Waals surface area contributed by atoms with Gasteiger partial charge < -0.3 is 15.8 Å². The third kappa shape index (κ3) is 5.40. The van der Waals surface area contributed by atoms with Gasteiger partial charge >= 0.3 is 0 Å². The molecule has 2 fully saturated rings. The number of likely N-dealkylation sites (tertiary alicyclic amines) is 2. The Balaban J connectivity index is 1.26. The predicted octanol–water partition coefficient (Wildman–Crippen LogP) is 3.65. The van der Waals surface area contributed by atoms with E-state index >= 15 is 0 Å². The van der Waals surface area contributed by atoms with Gasteiger partial charge in [-0.25, -0.2) is 4.98 Å². The number of hydrogen-bond acceptors (Lipinski definition) is 6. The second-order valence-electron chi connectivity index (χ2n) is 8.73. The summed E-state index contributed by atoms with van der Waals surface area (Å²) in [4.78, 5) is 21.5. The molecule has 2 saturated heterocycles. The Labute approximate surface area is 193 Å². The van der Waals surface area contributed by atoms with E-state index in [0.717, 1.165) is 56.4 Å². The molecule has 8 heteroatoms. The van der Waals surface area contributed by atoms with E-state index in [9.17, 15) is 10.0 Å². The SMILES string of the molecule is Nc1cc(CN2CCC(C(=O)N3CCC(/C(=N/O)c4ccc(Cl)cc4)CC3)CC2)ccn1. The molecule has 0 atom stereocenters. The third-order valence-electron chi connectivity index (χ3n) is 6.63. The van der Waals surface area contributed by atoms with Crippen LogP contribution in [0.4, 0.5) is 5.82 Å². The molecule has 2 aromatic rings. The van der Waals surface area contributed by atoms with Gasteiger partial charge in [-0.2, -0.15) is 0 Å². The van der Waals surface area contributed by atoms with Gasteiger partial charge in [-0.3, -0.25) is 9.69 Å². The van der Waals surface area contributed by atoms with E-state index < -0.39 is 0 Å². The van der Waals surface area contributed by atoms with Crippen molar-refractivity contribution in [3.8, 4) is 0 Å². The van der Waals surface area contributed by atoms with Crippen LogP contribution in [0, 0.1) is 11.8 Å². The number of hydrogen-bond donors (Lipinski definition) is 2. The second-order valence-corrected chi connectivity index (χ2v) is 9.17. The summed E-state index contributed by atoms with van der Waals surface area (Å²) in [6.45, 7) is 4.06. The van der Waals surface area contributed by atoms with Gasteiger partial charge in [0.25, 0.3) is 0 Å². The molecule has 4 rings (SSSR count).